The van der Waals surface area contributed by atoms with Gasteiger partial charge in [0, 0.05) is 11.4 Å². The lowest BCUT2D eigenvalue weighted by Gasteiger charge is -2.39. The summed E-state index contributed by atoms with van der Waals surface area (Å²) in [6.45, 7) is 0. The second-order valence-electron chi connectivity index (χ2n) is 10.8. The largest absolute Gasteiger partial charge is 0.460 e. The number of alkyl halides is 26. The maximum absolute atomic E-state index is 14.0. The third-order valence-electron chi connectivity index (χ3n) is 6.90. The molecule has 57 heavy (non-hydrogen) atoms. The first-order valence-electron chi connectivity index (χ1n) is 13.4. The fourth-order valence-electron chi connectivity index (χ4n) is 3.59. The third kappa shape index (κ3) is 7.48. The molecule has 2 aromatic carbocycles. The summed E-state index contributed by atoms with van der Waals surface area (Å²) >= 11 is 0. The van der Waals surface area contributed by atoms with Crippen molar-refractivity contribution in [1.82, 2.24) is 0 Å². The molecular formula is C26H10F26N2O3. The molecule has 0 fully saturated rings. The summed E-state index contributed by atoms with van der Waals surface area (Å²) < 4.78 is 349. The lowest BCUT2D eigenvalue weighted by atomic mass is 9.93. The van der Waals surface area contributed by atoms with E-state index in [-0.39, 0.29) is 0 Å². The summed E-state index contributed by atoms with van der Waals surface area (Å²) in [5.74, 6) is -88.2. The molecule has 0 atom stereocenters. The monoisotopic (exact) mass is 892 g/mol. The Balaban J connectivity index is 2.22. The van der Waals surface area contributed by atoms with E-state index < -0.39 is 106 Å². The normalized spacial score (nSPS) is 15.0. The molecule has 0 unspecified atom stereocenters. The van der Waals surface area contributed by atoms with Crippen molar-refractivity contribution in [2.75, 3.05) is 10.6 Å². The molecule has 0 aliphatic rings. The molecule has 2 rings (SSSR count). The van der Waals surface area contributed by atoms with Crippen molar-refractivity contribution >= 4 is 23.2 Å². The van der Waals surface area contributed by atoms with Gasteiger partial charge in [-0.25, -0.2) is 0 Å². The highest BCUT2D eigenvalue weighted by Gasteiger charge is 2.93. The van der Waals surface area contributed by atoms with Crippen molar-refractivity contribution in [3.8, 4) is 11.5 Å². The number of ether oxygens (including phenoxy) is 1. The number of halogens is 26. The van der Waals surface area contributed by atoms with Gasteiger partial charge in [-0.2, -0.15) is 114 Å². The molecule has 2 aromatic rings. The van der Waals surface area contributed by atoms with E-state index in [1.807, 2.05) is 0 Å². The number of benzene rings is 2. The minimum Gasteiger partial charge on any atom is -0.457 e. The zero-order chi connectivity index (χ0) is 45.2. The van der Waals surface area contributed by atoms with Crippen LogP contribution in [0.25, 0.3) is 0 Å². The molecule has 0 aliphatic carbocycles. The van der Waals surface area contributed by atoms with Gasteiger partial charge >= 0.3 is 83.4 Å². The summed E-state index contributed by atoms with van der Waals surface area (Å²) in [7, 11) is 0. The van der Waals surface area contributed by atoms with E-state index in [9.17, 15) is 124 Å². The Hall–Kier alpha value is -4.64. The SMILES string of the molecule is O=C(Nc1ccc(Oc2ccc(NC(=O)C(F)(F)C(F)(F)C(F)(F)C(F)(F)C(F)(F)C(F)(F)F)cc2)cc1)C(F)(F)C(F)(F)C(F)(F)C(F)(F)C(F)(F)C(F)(F)F. The number of amides is 2. The molecule has 2 amide bonds. The van der Waals surface area contributed by atoms with Crippen molar-refractivity contribution in [3.63, 3.8) is 0 Å². The van der Waals surface area contributed by atoms with Gasteiger partial charge in [-0.3, -0.25) is 9.59 Å². The Labute approximate surface area is 294 Å². The average Bonchev–Trinajstić information content (AvgIpc) is 3.04. The van der Waals surface area contributed by atoms with Crippen molar-refractivity contribution in [3.05, 3.63) is 48.5 Å². The zero-order valence-electron chi connectivity index (χ0n) is 25.7. The van der Waals surface area contributed by atoms with Gasteiger partial charge < -0.3 is 15.4 Å². The summed E-state index contributed by atoms with van der Waals surface area (Å²) in [5.41, 5.74) is -2.36. The van der Waals surface area contributed by atoms with E-state index in [1.165, 1.54) is 0 Å². The Kier molecular flexibility index (Phi) is 11.9. The zero-order valence-corrected chi connectivity index (χ0v) is 25.7. The summed E-state index contributed by atoms with van der Waals surface area (Å²) in [6.07, 6.45) is -15.4. The standard InChI is InChI=1S/C26H10F26N2O3/c27-15(28,17(31,32)19(35,36)21(39,40)23(43,44)25(47,48)49)13(55)53-9-1-5-11(6-2-9)57-12-7-3-10(4-8-12)54-14(56)16(29,30)18(33,34)20(37,38)22(41,42)24(45,46)26(50,51)52/h1-8H,(H,53,55)(H,54,56). The number of carbonyl (C=O) groups excluding carboxylic acids is 2. The van der Waals surface area contributed by atoms with Crippen molar-refractivity contribution in [2.45, 2.75) is 71.6 Å². The fraction of sp³-hybridized carbons (Fsp3) is 0.462. The number of anilines is 2. The molecule has 2 N–H and O–H groups in total. The second-order valence-corrected chi connectivity index (χ2v) is 10.8. The quantitative estimate of drug-likeness (QED) is 0.186. The smallest absolute Gasteiger partial charge is 0.457 e. The lowest BCUT2D eigenvalue weighted by Crippen LogP contribution is -2.71. The second kappa shape index (κ2) is 14.0. The third-order valence-corrected chi connectivity index (χ3v) is 6.90. The number of hydrogen-bond donors (Lipinski definition) is 2. The van der Waals surface area contributed by atoms with E-state index in [0.717, 1.165) is 0 Å². The fourth-order valence-corrected chi connectivity index (χ4v) is 3.59. The minimum absolute atomic E-state index is 0.326. The highest BCUT2D eigenvalue weighted by molar-refractivity contribution is 5.97. The van der Waals surface area contributed by atoms with E-state index in [4.69, 9.17) is 4.74 Å². The first-order valence-corrected chi connectivity index (χ1v) is 13.4. The van der Waals surface area contributed by atoms with Gasteiger partial charge in [0.05, 0.1) is 0 Å². The van der Waals surface area contributed by atoms with Crippen LogP contribution in [0, 0.1) is 0 Å². The van der Waals surface area contributed by atoms with Gasteiger partial charge in [0.15, 0.2) is 0 Å². The van der Waals surface area contributed by atoms with Crippen molar-refractivity contribution in [2.24, 2.45) is 0 Å². The van der Waals surface area contributed by atoms with Crippen LogP contribution in [0.1, 0.15) is 0 Å². The molecule has 31 heteroatoms. The lowest BCUT2D eigenvalue weighted by molar-refractivity contribution is -0.436. The van der Waals surface area contributed by atoms with Crippen LogP contribution in [0.2, 0.25) is 0 Å². The molecule has 0 bridgehead atoms. The van der Waals surface area contributed by atoms with E-state index >= 15 is 0 Å². The molecule has 0 heterocycles. The summed E-state index contributed by atoms with van der Waals surface area (Å²) in [5, 5.41) is 1.42. The molecule has 0 radical (unpaired) electrons. The van der Waals surface area contributed by atoms with Gasteiger partial charge in [0.1, 0.15) is 11.5 Å². The highest BCUT2D eigenvalue weighted by atomic mass is 19.4. The number of hydrogen-bond acceptors (Lipinski definition) is 3. The summed E-state index contributed by atoms with van der Waals surface area (Å²) in [4.78, 5) is 23.3. The topological polar surface area (TPSA) is 67.4 Å². The average molecular weight is 892 g/mol. The Morgan fingerprint density at radius 1 is 0.333 bits per heavy atom. The van der Waals surface area contributed by atoms with Crippen LogP contribution >= 0.6 is 0 Å². The molecule has 324 valence electrons. The molecule has 0 aliphatic heterocycles. The van der Waals surface area contributed by atoms with Crippen LogP contribution in [0.4, 0.5) is 126 Å². The van der Waals surface area contributed by atoms with Crippen molar-refractivity contribution in [1.29, 1.82) is 0 Å². The molecule has 0 spiro atoms. The van der Waals surface area contributed by atoms with Gasteiger partial charge in [-0.05, 0) is 48.5 Å². The van der Waals surface area contributed by atoms with Gasteiger partial charge in [0.2, 0.25) is 0 Å². The van der Waals surface area contributed by atoms with Gasteiger partial charge in [0.25, 0.3) is 0 Å². The number of rotatable bonds is 14. The molecular weight excluding hydrogens is 882 g/mol. The van der Waals surface area contributed by atoms with E-state index in [0.29, 0.717) is 59.2 Å². The minimum atomic E-state index is -8.29. The predicted molar refractivity (Wildman–Crippen MR) is 132 cm³/mol. The van der Waals surface area contributed by atoms with Crippen LogP contribution in [-0.2, 0) is 9.59 Å². The van der Waals surface area contributed by atoms with Gasteiger partial charge in [-0.1, -0.05) is 0 Å². The Bertz CT molecular complexity index is 1650. The molecule has 0 saturated carbocycles. The Morgan fingerprint density at radius 2 is 0.544 bits per heavy atom. The van der Waals surface area contributed by atoms with Crippen LogP contribution in [0.3, 0.4) is 0 Å². The molecule has 5 nitrogen and oxygen atoms in total. The van der Waals surface area contributed by atoms with Gasteiger partial charge in [-0.15, -0.1) is 0 Å². The van der Waals surface area contributed by atoms with Crippen LogP contribution < -0.4 is 15.4 Å². The van der Waals surface area contributed by atoms with Crippen LogP contribution in [0.5, 0.6) is 11.5 Å². The van der Waals surface area contributed by atoms with Crippen LogP contribution in [0.15, 0.2) is 48.5 Å². The molecule has 0 saturated heterocycles. The van der Waals surface area contributed by atoms with E-state index in [2.05, 4.69) is 0 Å². The number of nitrogens with one attached hydrogen (secondary N) is 2. The van der Waals surface area contributed by atoms with E-state index in [1.54, 1.807) is 0 Å². The maximum Gasteiger partial charge on any atom is 0.460 e. The predicted octanol–water partition coefficient (Wildman–Crippen LogP) is 10.8. The summed E-state index contributed by atoms with van der Waals surface area (Å²) in [6, 6.07) is 3.34. The highest BCUT2D eigenvalue weighted by Crippen LogP contribution is 2.62. The number of carbonyl (C=O) groups is 2. The van der Waals surface area contributed by atoms with Crippen LogP contribution in [-0.4, -0.2) is 83.4 Å². The Morgan fingerprint density at radius 3 is 0.754 bits per heavy atom. The maximum atomic E-state index is 14.0. The first kappa shape index (κ1) is 48.5. The molecule has 0 aromatic heterocycles. The van der Waals surface area contributed by atoms with Crippen molar-refractivity contribution < 1.29 is 128 Å². The first-order chi connectivity index (χ1) is 24.9.